The quantitative estimate of drug-likeness (QED) is 0.798. The van der Waals surface area contributed by atoms with Crippen LogP contribution in [0.25, 0.3) is 10.6 Å². The van der Waals surface area contributed by atoms with E-state index < -0.39 is 0 Å². The van der Waals surface area contributed by atoms with Gasteiger partial charge in [0.25, 0.3) is 5.91 Å². The molecular formula is C13H16N4OS. The van der Waals surface area contributed by atoms with Gasteiger partial charge in [0.05, 0.1) is 10.6 Å². The molecule has 2 aromatic heterocycles. The summed E-state index contributed by atoms with van der Waals surface area (Å²) in [6, 6.07) is 6.00. The van der Waals surface area contributed by atoms with Crippen molar-refractivity contribution < 1.29 is 4.79 Å². The lowest BCUT2D eigenvalue weighted by molar-refractivity contribution is 0.0925. The number of thiophene rings is 1. The number of nitrogens with zero attached hydrogens (tertiary/aromatic N) is 1. The van der Waals surface area contributed by atoms with Gasteiger partial charge in [0.15, 0.2) is 5.69 Å². The summed E-state index contributed by atoms with van der Waals surface area (Å²) in [6.45, 7) is 1.88. The van der Waals surface area contributed by atoms with Crippen molar-refractivity contribution >= 4 is 17.2 Å². The van der Waals surface area contributed by atoms with Crippen LogP contribution in [0.4, 0.5) is 0 Å². The predicted molar refractivity (Wildman–Crippen MR) is 75.3 cm³/mol. The number of nitrogens with one attached hydrogen (secondary N) is 3. The highest BCUT2D eigenvalue weighted by Crippen LogP contribution is 2.22. The number of hydrogen-bond donors (Lipinski definition) is 3. The van der Waals surface area contributed by atoms with Crippen LogP contribution in [0.1, 0.15) is 23.3 Å². The maximum Gasteiger partial charge on any atom is 0.272 e. The van der Waals surface area contributed by atoms with Gasteiger partial charge < -0.3 is 10.6 Å². The minimum atomic E-state index is -0.104. The van der Waals surface area contributed by atoms with Crippen LogP contribution in [0.15, 0.2) is 23.6 Å². The lowest BCUT2D eigenvalue weighted by Crippen LogP contribution is -2.45. The summed E-state index contributed by atoms with van der Waals surface area (Å²) in [7, 11) is 0. The van der Waals surface area contributed by atoms with Gasteiger partial charge in [-0.15, -0.1) is 11.3 Å². The van der Waals surface area contributed by atoms with E-state index in [4.69, 9.17) is 0 Å². The van der Waals surface area contributed by atoms with Gasteiger partial charge in [-0.2, -0.15) is 5.10 Å². The summed E-state index contributed by atoms with van der Waals surface area (Å²) in [6.07, 6.45) is 2.13. The number of amides is 1. The van der Waals surface area contributed by atoms with Gasteiger partial charge in [-0.3, -0.25) is 9.89 Å². The van der Waals surface area contributed by atoms with Gasteiger partial charge in [0.2, 0.25) is 0 Å². The molecule has 0 radical (unpaired) electrons. The molecule has 0 saturated carbocycles. The zero-order chi connectivity index (χ0) is 13.1. The number of carbonyl (C=O) groups excluding carboxylic acids is 1. The van der Waals surface area contributed by atoms with Crippen LogP contribution in [-0.4, -0.2) is 35.2 Å². The number of H-pyrrole nitrogens is 1. The Morgan fingerprint density at radius 2 is 2.47 bits per heavy atom. The Morgan fingerprint density at radius 3 is 3.21 bits per heavy atom. The smallest absolute Gasteiger partial charge is 0.272 e. The molecule has 19 heavy (non-hydrogen) atoms. The van der Waals surface area contributed by atoms with Crippen molar-refractivity contribution in [3.63, 3.8) is 0 Å². The summed E-state index contributed by atoms with van der Waals surface area (Å²) < 4.78 is 0. The average molecular weight is 276 g/mol. The second-order valence-electron chi connectivity index (χ2n) is 4.66. The van der Waals surface area contributed by atoms with Crippen LogP contribution in [0.5, 0.6) is 0 Å². The monoisotopic (exact) mass is 276 g/mol. The number of aromatic amines is 1. The first-order valence-corrected chi connectivity index (χ1v) is 7.32. The summed E-state index contributed by atoms with van der Waals surface area (Å²) in [5.74, 6) is -0.104. The van der Waals surface area contributed by atoms with Gasteiger partial charge in [-0.25, -0.2) is 0 Å². The van der Waals surface area contributed by atoms with Crippen LogP contribution in [0, 0.1) is 0 Å². The van der Waals surface area contributed by atoms with E-state index in [1.54, 1.807) is 17.4 Å². The summed E-state index contributed by atoms with van der Waals surface area (Å²) >= 11 is 1.62. The Bertz CT molecular complexity index is 543. The number of carbonyl (C=O) groups is 1. The number of piperidine rings is 1. The van der Waals surface area contributed by atoms with Crippen molar-refractivity contribution in [2.24, 2.45) is 0 Å². The van der Waals surface area contributed by atoms with Crippen molar-refractivity contribution in [3.8, 4) is 10.6 Å². The topological polar surface area (TPSA) is 69.8 Å². The third kappa shape index (κ3) is 2.85. The highest BCUT2D eigenvalue weighted by Gasteiger charge is 2.18. The van der Waals surface area contributed by atoms with Crippen LogP contribution in [0.3, 0.4) is 0 Å². The van der Waals surface area contributed by atoms with E-state index in [1.807, 2.05) is 17.5 Å². The highest BCUT2D eigenvalue weighted by atomic mass is 32.1. The molecule has 0 aromatic carbocycles. The molecule has 0 aliphatic carbocycles. The lowest BCUT2D eigenvalue weighted by Gasteiger charge is -2.23. The summed E-state index contributed by atoms with van der Waals surface area (Å²) in [5.41, 5.74) is 1.34. The second kappa shape index (κ2) is 5.54. The normalized spacial score (nSPS) is 19.3. The molecule has 2 aromatic rings. The standard InChI is InChI=1S/C13H16N4OS/c18-13(15-9-3-1-5-14-8-9)11-7-10(16-17-11)12-4-2-6-19-12/h2,4,6-7,9,14H,1,3,5,8H2,(H,15,18)(H,16,17). The molecule has 1 saturated heterocycles. The number of rotatable bonds is 3. The van der Waals surface area contributed by atoms with Crippen LogP contribution < -0.4 is 10.6 Å². The Balaban J connectivity index is 1.67. The molecule has 1 unspecified atom stereocenters. The first-order chi connectivity index (χ1) is 9.33. The van der Waals surface area contributed by atoms with Gasteiger partial charge in [-0.05, 0) is 36.9 Å². The lowest BCUT2D eigenvalue weighted by atomic mass is 10.1. The first-order valence-electron chi connectivity index (χ1n) is 6.44. The van der Waals surface area contributed by atoms with Crippen LogP contribution in [-0.2, 0) is 0 Å². The maximum atomic E-state index is 12.1. The Kier molecular flexibility index (Phi) is 3.61. The highest BCUT2D eigenvalue weighted by molar-refractivity contribution is 7.13. The van der Waals surface area contributed by atoms with Crippen molar-refractivity contribution in [2.45, 2.75) is 18.9 Å². The fraction of sp³-hybridized carbons (Fsp3) is 0.385. The van der Waals surface area contributed by atoms with E-state index in [9.17, 15) is 4.79 Å². The largest absolute Gasteiger partial charge is 0.347 e. The van der Waals surface area contributed by atoms with Gasteiger partial charge in [0, 0.05) is 12.6 Å². The summed E-state index contributed by atoms with van der Waals surface area (Å²) in [4.78, 5) is 13.2. The molecule has 6 heteroatoms. The molecule has 100 valence electrons. The van der Waals surface area contributed by atoms with Gasteiger partial charge in [0.1, 0.15) is 0 Å². The summed E-state index contributed by atoms with van der Waals surface area (Å²) in [5, 5.41) is 15.3. The average Bonchev–Trinajstić information content (AvgIpc) is 3.11. The molecule has 3 N–H and O–H groups in total. The maximum absolute atomic E-state index is 12.1. The molecule has 0 bridgehead atoms. The fourth-order valence-electron chi connectivity index (χ4n) is 2.23. The zero-order valence-electron chi connectivity index (χ0n) is 10.5. The molecular weight excluding hydrogens is 260 g/mol. The molecule has 5 nitrogen and oxygen atoms in total. The molecule has 3 rings (SSSR count). The third-order valence-corrected chi connectivity index (χ3v) is 4.13. The van der Waals surface area contributed by atoms with E-state index in [0.717, 1.165) is 36.5 Å². The minimum Gasteiger partial charge on any atom is -0.347 e. The van der Waals surface area contributed by atoms with E-state index in [0.29, 0.717) is 5.69 Å². The predicted octanol–water partition coefficient (Wildman–Crippen LogP) is 1.62. The Labute approximate surface area is 115 Å². The first kappa shape index (κ1) is 12.4. The molecule has 1 atom stereocenters. The third-order valence-electron chi connectivity index (χ3n) is 3.23. The van der Waals surface area contributed by atoms with E-state index in [-0.39, 0.29) is 11.9 Å². The minimum absolute atomic E-state index is 0.104. The van der Waals surface area contributed by atoms with Crippen molar-refractivity contribution in [3.05, 3.63) is 29.3 Å². The van der Waals surface area contributed by atoms with Crippen molar-refractivity contribution in [1.82, 2.24) is 20.8 Å². The molecule has 1 amide bonds. The zero-order valence-corrected chi connectivity index (χ0v) is 11.3. The molecule has 0 spiro atoms. The Morgan fingerprint density at radius 1 is 1.53 bits per heavy atom. The van der Waals surface area contributed by atoms with E-state index in [1.165, 1.54) is 0 Å². The number of hydrogen-bond acceptors (Lipinski definition) is 4. The van der Waals surface area contributed by atoms with Crippen LogP contribution in [0.2, 0.25) is 0 Å². The molecule has 1 fully saturated rings. The van der Waals surface area contributed by atoms with Crippen LogP contribution >= 0.6 is 11.3 Å². The second-order valence-corrected chi connectivity index (χ2v) is 5.61. The number of aromatic nitrogens is 2. The molecule has 1 aliphatic heterocycles. The van der Waals surface area contributed by atoms with Gasteiger partial charge in [-0.1, -0.05) is 6.07 Å². The van der Waals surface area contributed by atoms with Crippen molar-refractivity contribution in [2.75, 3.05) is 13.1 Å². The SMILES string of the molecule is O=C(NC1CCCNC1)c1cc(-c2cccs2)[nH]n1. The Hall–Kier alpha value is -1.66. The van der Waals surface area contributed by atoms with Crippen molar-refractivity contribution in [1.29, 1.82) is 0 Å². The van der Waals surface area contributed by atoms with Gasteiger partial charge >= 0.3 is 0 Å². The van der Waals surface area contributed by atoms with E-state index in [2.05, 4.69) is 20.8 Å². The molecule has 1 aliphatic rings. The molecule has 3 heterocycles. The van der Waals surface area contributed by atoms with E-state index >= 15 is 0 Å². The fourth-order valence-corrected chi connectivity index (χ4v) is 2.92.